The SMILES string of the molecule is CC(C)(C)OC(=O)NC(CCCc1ccc(CCCCN)cc1)C(=O)O. The van der Waals surface area contributed by atoms with Crippen molar-refractivity contribution < 1.29 is 19.4 Å². The average Bonchev–Trinajstić information content (AvgIpc) is 2.53. The number of nitrogens with one attached hydrogen (secondary N) is 1. The number of alkyl carbamates (subject to hydrolysis) is 1. The second-order valence-corrected chi connectivity index (χ2v) is 7.49. The first kappa shape index (κ1) is 22.0. The number of carbonyl (C=O) groups is 2. The molecule has 0 heterocycles. The summed E-state index contributed by atoms with van der Waals surface area (Å²) in [5.74, 6) is -1.05. The van der Waals surface area contributed by atoms with Gasteiger partial charge in [-0.05, 0) is 77.0 Å². The van der Waals surface area contributed by atoms with E-state index < -0.39 is 23.7 Å². The summed E-state index contributed by atoms with van der Waals surface area (Å²) < 4.78 is 5.12. The molecule has 146 valence electrons. The first-order chi connectivity index (χ1) is 12.2. The molecule has 6 heteroatoms. The molecule has 1 aromatic rings. The summed E-state index contributed by atoms with van der Waals surface area (Å²) in [5, 5.41) is 11.7. The van der Waals surface area contributed by atoms with E-state index in [2.05, 4.69) is 29.6 Å². The highest BCUT2D eigenvalue weighted by Crippen LogP contribution is 2.12. The highest BCUT2D eigenvalue weighted by molar-refractivity contribution is 5.79. The highest BCUT2D eigenvalue weighted by Gasteiger charge is 2.23. The van der Waals surface area contributed by atoms with Crippen LogP contribution in [0, 0.1) is 0 Å². The van der Waals surface area contributed by atoms with E-state index in [1.165, 1.54) is 5.56 Å². The van der Waals surface area contributed by atoms with Crippen molar-refractivity contribution in [2.45, 2.75) is 70.9 Å². The van der Waals surface area contributed by atoms with Gasteiger partial charge in [0.2, 0.25) is 0 Å². The maximum atomic E-state index is 11.7. The molecule has 0 saturated carbocycles. The van der Waals surface area contributed by atoms with Crippen molar-refractivity contribution in [1.29, 1.82) is 0 Å². The van der Waals surface area contributed by atoms with Crippen molar-refractivity contribution in [3.05, 3.63) is 35.4 Å². The molecular formula is C20H32N2O4. The summed E-state index contributed by atoms with van der Waals surface area (Å²) in [4.78, 5) is 23.1. The average molecular weight is 364 g/mol. The fraction of sp³-hybridized carbons (Fsp3) is 0.600. The fourth-order valence-electron chi connectivity index (χ4n) is 2.56. The van der Waals surface area contributed by atoms with Gasteiger partial charge < -0.3 is 20.9 Å². The molecular weight excluding hydrogens is 332 g/mol. The van der Waals surface area contributed by atoms with Gasteiger partial charge in [-0.15, -0.1) is 0 Å². The number of nitrogens with two attached hydrogens (primary N) is 1. The first-order valence-electron chi connectivity index (χ1n) is 9.21. The van der Waals surface area contributed by atoms with Crippen molar-refractivity contribution in [2.75, 3.05) is 6.54 Å². The lowest BCUT2D eigenvalue weighted by Gasteiger charge is -2.22. The molecule has 1 atom stereocenters. The number of hydrogen-bond acceptors (Lipinski definition) is 4. The first-order valence-corrected chi connectivity index (χ1v) is 9.21. The van der Waals surface area contributed by atoms with E-state index in [9.17, 15) is 14.7 Å². The number of carboxylic acids is 1. The van der Waals surface area contributed by atoms with E-state index in [1.54, 1.807) is 20.8 Å². The Balaban J connectivity index is 2.42. The molecule has 0 aliphatic heterocycles. The van der Waals surface area contributed by atoms with Crippen LogP contribution in [0.15, 0.2) is 24.3 Å². The third kappa shape index (κ3) is 9.42. The van der Waals surface area contributed by atoms with Gasteiger partial charge in [-0.2, -0.15) is 0 Å². The lowest BCUT2D eigenvalue weighted by Crippen LogP contribution is -2.43. The molecule has 0 aromatic heterocycles. The van der Waals surface area contributed by atoms with Crippen LogP contribution in [0.1, 0.15) is 57.6 Å². The highest BCUT2D eigenvalue weighted by atomic mass is 16.6. The van der Waals surface area contributed by atoms with Gasteiger partial charge in [-0.25, -0.2) is 9.59 Å². The minimum Gasteiger partial charge on any atom is -0.480 e. The number of amides is 1. The molecule has 0 aliphatic rings. The molecule has 1 rings (SSSR count). The standard InChI is InChI=1S/C20H32N2O4/c1-20(2,3)26-19(25)22-17(18(23)24)9-6-8-16-12-10-15(11-13-16)7-4-5-14-21/h10-13,17H,4-9,14,21H2,1-3H3,(H,22,25)(H,23,24). The van der Waals surface area contributed by atoms with Crippen LogP contribution >= 0.6 is 0 Å². The van der Waals surface area contributed by atoms with Crippen LogP contribution < -0.4 is 11.1 Å². The number of aryl methyl sites for hydroxylation is 2. The largest absolute Gasteiger partial charge is 0.480 e. The Bertz CT molecular complexity index is 564. The zero-order valence-electron chi connectivity index (χ0n) is 16.1. The van der Waals surface area contributed by atoms with Crippen LogP contribution in [0.4, 0.5) is 4.79 Å². The maximum absolute atomic E-state index is 11.7. The van der Waals surface area contributed by atoms with Crippen LogP contribution in [0.5, 0.6) is 0 Å². The van der Waals surface area contributed by atoms with Crippen molar-refractivity contribution in [2.24, 2.45) is 5.73 Å². The summed E-state index contributed by atoms with van der Waals surface area (Å²) in [6, 6.07) is 7.43. The van der Waals surface area contributed by atoms with Gasteiger partial charge in [0.15, 0.2) is 0 Å². The molecule has 1 unspecified atom stereocenters. The Hall–Kier alpha value is -2.08. The molecule has 1 amide bonds. The van der Waals surface area contributed by atoms with Crippen LogP contribution in [0.25, 0.3) is 0 Å². The number of hydrogen-bond donors (Lipinski definition) is 3. The predicted octanol–water partition coefficient (Wildman–Crippen LogP) is 3.27. The second-order valence-electron chi connectivity index (χ2n) is 7.49. The normalized spacial score (nSPS) is 12.5. The molecule has 0 spiro atoms. The lowest BCUT2D eigenvalue weighted by molar-refractivity contribution is -0.139. The monoisotopic (exact) mass is 364 g/mol. The third-order valence-corrected chi connectivity index (χ3v) is 3.89. The number of rotatable bonds is 10. The van der Waals surface area contributed by atoms with Crippen LogP contribution in [-0.2, 0) is 22.4 Å². The van der Waals surface area contributed by atoms with Gasteiger partial charge in [0, 0.05) is 0 Å². The Morgan fingerprint density at radius 3 is 2.08 bits per heavy atom. The molecule has 0 aliphatic carbocycles. The summed E-state index contributed by atoms with van der Waals surface area (Å²) in [7, 11) is 0. The van der Waals surface area contributed by atoms with Gasteiger partial charge in [-0.1, -0.05) is 24.3 Å². The minimum absolute atomic E-state index is 0.354. The zero-order chi connectivity index (χ0) is 19.6. The number of ether oxygens (including phenoxy) is 1. The van der Waals surface area contributed by atoms with E-state index in [4.69, 9.17) is 10.5 Å². The number of carbonyl (C=O) groups excluding carboxylic acids is 1. The van der Waals surface area contributed by atoms with E-state index in [1.807, 2.05) is 0 Å². The van der Waals surface area contributed by atoms with Crippen LogP contribution in [-0.4, -0.2) is 35.4 Å². The molecule has 0 saturated heterocycles. The molecule has 6 nitrogen and oxygen atoms in total. The van der Waals surface area contributed by atoms with Gasteiger partial charge in [-0.3, -0.25) is 0 Å². The van der Waals surface area contributed by atoms with E-state index in [0.29, 0.717) is 12.8 Å². The second kappa shape index (κ2) is 10.8. The fourth-order valence-corrected chi connectivity index (χ4v) is 2.56. The molecule has 0 radical (unpaired) electrons. The quantitative estimate of drug-likeness (QED) is 0.553. The maximum Gasteiger partial charge on any atom is 0.408 e. The summed E-state index contributed by atoms with van der Waals surface area (Å²) in [6.07, 6.45) is 4.23. The topological polar surface area (TPSA) is 102 Å². The van der Waals surface area contributed by atoms with Gasteiger partial charge in [0.05, 0.1) is 0 Å². The number of carboxylic acid groups (broad SMARTS) is 1. The third-order valence-electron chi connectivity index (χ3n) is 3.89. The summed E-state index contributed by atoms with van der Waals surface area (Å²) >= 11 is 0. The molecule has 0 bridgehead atoms. The van der Waals surface area contributed by atoms with Crippen molar-refractivity contribution in [1.82, 2.24) is 5.32 Å². The van der Waals surface area contributed by atoms with Gasteiger partial charge in [0.25, 0.3) is 0 Å². The summed E-state index contributed by atoms with van der Waals surface area (Å²) in [6.45, 7) is 5.94. The van der Waals surface area contributed by atoms with Gasteiger partial charge >= 0.3 is 12.1 Å². The lowest BCUT2D eigenvalue weighted by atomic mass is 10.0. The van der Waals surface area contributed by atoms with Gasteiger partial charge in [0.1, 0.15) is 11.6 Å². The predicted molar refractivity (Wildman–Crippen MR) is 102 cm³/mol. The van der Waals surface area contributed by atoms with Crippen LogP contribution in [0.2, 0.25) is 0 Å². The Morgan fingerprint density at radius 1 is 1.08 bits per heavy atom. The summed E-state index contributed by atoms with van der Waals surface area (Å²) in [5.41, 5.74) is 7.30. The van der Waals surface area contributed by atoms with Crippen molar-refractivity contribution in [3.8, 4) is 0 Å². The number of aliphatic carboxylic acids is 1. The van der Waals surface area contributed by atoms with E-state index in [-0.39, 0.29) is 0 Å². The van der Waals surface area contributed by atoms with E-state index in [0.717, 1.165) is 37.8 Å². The Labute approximate surface area is 156 Å². The zero-order valence-corrected chi connectivity index (χ0v) is 16.1. The Morgan fingerprint density at radius 2 is 1.62 bits per heavy atom. The van der Waals surface area contributed by atoms with Crippen molar-refractivity contribution in [3.63, 3.8) is 0 Å². The van der Waals surface area contributed by atoms with Crippen molar-refractivity contribution >= 4 is 12.1 Å². The Kier molecular flexibility index (Phi) is 9.13. The molecule has 4 N–H and O–H groups in total. The smallest absolute Gasteiger partial charge is 0.408 e. The number of benzene rings is 1. The molecule has 1 aromatic carbocycles. The molecule has 0 fully saturated rings. The van der Waals surface area contributed by atoms with E-state index >= 15 is 0 Å². The van der Waals surface area contributed by atoms with Crippen LogP contribution in [0.3, 0.4) is 0 Å². The minimum atomic E-state index is -1.05. The number of unbranched alkanes of at least 4 members (excludes halogenated alkanes) is 1. The molecule has 26 heavy (non-hydrogen) atoms.